The Labute approximate surface area is 120 Å². The summed E-state index contributed by atoms with van der Waals surface area (Å²) in [4.78, 5) is 0. The van der Waals surface area contributed by atoms with Crippen LogP contribution in [-0.4, -0.2) is 13.6 Å². The lowest BCUT2D eigenvalue weighted by Gasteiger charge is -2.26. The van der Waals surface area contributed by atoms with Crippen molar-refractivity contribution in [1.82, 2.24) is 5.32 Å². The summed E-state index contributed by atoms with van der Waals surface area (Å²) in [7, 11) is 2.03. The Morgan fingerprint density at radius 2 is 1.94 bits per heavy atom. The summed E-state index contributed by atoms with van der Waals surface area (Å²) in [6.45, 7) is 1.06. The van der Waals surface area contributed by atoms with Crippen LogP contribution in [0.15, 0.2) is 18.2 Å². The smallest absolute Gasteiger partial charge is 0.0441 e. The quantitative estimate of drug-likeness (QED) is 0.781. The van der Waals surface area contributed by atoms with E-state index < -0.39 is 0 Å². The van der Waals surface area contributed by atoms with Crippen molar-refractivity contribution in [3.05, 3.63) is 33.8 Å². The summed E-state index contributed by atoms with van der Waals surface area (Å²) in [6.07, 6.45) is 6.49. The topological polar surface area (TPSA) is 12.0 Å². The van der Waals surface area contributed by atoms with Gasteiger partial charge in [-0.05, 0) is 62.0 Å². The Morgan fingerprint density at radius 1 is 1.17 bits per heavy atom. The first-order chi connectivity index (χ1) is 8.72. The van der Waals surface area contributed by atoms with Crippen molar-refractivity contribution in [3.8, 4) is 0 Å². The van der Waals surface area contributed by atoms with Crippen LogP contribution in [-0.2, 0) is 0 Å². The normalized spacial score (nSPS) is 24.8. The van der Waals surface area contributed by atoms with Gasteiger partial charge in [-0.15, -0.1) is 0 Å². The molecule has 1 aliphatic rings. The Morgan fingerprint density at radius 3 is 2.72 bits per heavy atom. The van der Waals surface area contributed by atoms with E-state index >= 15 is 0 Å². The molecule has 18 heavy (non-hydrogen) atoms. The van der Waals surface area contributed by atoms with Gasteiger partial charge < -0.3 is 5.32 Å². The molecule has 0 heterocycles. The maximum atomic E-state index is 6.37. The molecule has 0 amide bonds. The summed E-state index contributed by atoms with van der Waals surface area (Å²) >= 11 is 12.5. The molecule has 0 saturated heterocycles. The van der Waals surface area contributed by atoms with Gasteiger partial charge in [-0.1, -0.05) is 42.5 Å². The van der Waals surface area contributed by atoms with E-state index in [9.17, 15) is 0 Å². The standard InChI is InChI=1S/C15H21Cl2N/c1-18-10-11-5-3-2-4-6-13(11)14-9-12(16)7-8-15(14)17/h7-9,11,13,18H,2-6,10H2,1H3. The Hall–Kier alpha value is -0.240. The largest absolute Gasteiger partial charge is 0.319 e. The minimum atomic E-state index is 0.547. The first-order valence-corrected chi connectivity index (χ1v) is 7.57. The molecule has 0 aromatic heterocycles. The fourth-order valence-electron chi connectivity index (χ4n) is 3.10. The van der Waals surface area contributed by atoms with Crippen LogP contribution < -0.4 is 5.32 Å². The number of halogens is 2. The van der Waals surface area contributed by atoms with E-state index in [1.807, 2.05) is 19.2 Å². The molecule has 2 atom stereocenters. The second kappa shape index (κ2) is 6.79. The van der Waals surface area contributed by atoms with Crippen LogP contribution in [0.3, 0.4) is 0 Å². The van der Waals surface area contributed by atoms with Gasteiger partial charge in [0.15, 0.2) is 0 Å². The highest BCUT2D eigenvalue weighted by Crippen LogP contribution is 2.40. The van der Waals surface area contributed by atoms with Crippen molar-refractivity contribution in [2.75, 3.05) is 13.6 Å². The highest BCUT2D eigenvalue weighted by Gasteiger charge is 2.26. The fraction of sp³-hybridized carbons (Fsp3) is 0.600. The summed E-state index contributed by atoms with van der Waals surface area (Å²) in [5.41, 5.74) is 1.24. The maximum absolute atomic E-state index is 6.37. The molecule has 1 nitrogen and oxygen atoms in total. The van der Waals surface area contributed by atoms with Crippen molar-refractivity contribution in [3.63, 3.8) is 0 Å². The predicted octanol–water partition coefficient (Wildman–Crippen LogP) is 4.88. The number of hydrogen-bond donors (Lipinski definition) is 1. The molecule has 1 aromatic carbocycles. The molecule has 1 aliphatic carbocycles. The van der Waals surface area contributed by atoms with Gasteiger partial charge in [0.25, 0.3) is 0 Å². The number of benzene rings is 1. The zero-order chi connectivity index (χ0) is 13.0. The highest BCUT2D eigenvalue weighted by atomic mass is 35.5. The molecule has 0 bridgehead atoms. The molecule has 100 valence electrons. The van der Waals surface area contributed by atoms with Gasteiger partial charge >= 0.3 is 0 Å². The minimum Gasteiger partial charge on any atom is -0.319 e. The Bertz CT molecular complexity index is 392. The van der Waals surface area contributed by atoms with Crippen LogP contribution in [0.1, 0.15) is 43.6 Å². The van der Waals surface area contributed by atoms with Gasteiger partial charge in [0.05, 0.1) is 0 Å². The van der Waals surface area contributed by atoms with E-state index in [0.717, 1.165) is 16.6 Å². The van der Waals surface area contributed by atoms with Crippen molar-refractivity contribution in [1.29, 1.82) is 0 Å². The minimum absolute atomic E-state index is 0.547. The first kappa shape index (κ1) is 14.2. The Kier molecular flexibility index (Phi) is 5.35. The maximum Gasteiger partial charge on any atom is 0.0441 e. The molecule has 0 aliphatic heterocycles. The molecule has 0 spiro atoms. The third kappa shape index (κ3) is 3.40. The van der Waals surface area contributed by atoms with Gasteiger partial charge in [0.2, 0.25) is 0 Å². The summed E-state index contributed by atoms with van der Waals surface area (Å²) < 4.78 is 0. The number of rotatable bonds is 3. The van der Waals surface area contributed by atoms with Crippen molar-refractivity contribution < 1.29 is 0 Å². The van der Waals surface area contributed by atoms with Crippen LogP contribution in [0.4, 0.5) is 0 Å². The molecule has 2 unspecified atom stereocenters. The molecule has 1 N–H and O–H groups in total. The van der Waals surface area contributed by atoms with Crippen molar-refractivity contribution in [2.45, 2.75) is 38.0 Å². The van der Waals surface area contributed by atoms with E-state index in [2.05, 4.69) is 11.4 Å². The SMILES string of the molecule is CNCC1CCCCCC1c1cc(Cl)ccc1Cl. The van der Waals surface area contributed by atoms with Crippen LogP contribution in [0, 0.1) is 5.92 Å². The monoisotopic (exact) mass is 285 g/mol. The van der Waals surface area contributed by atoms with Crippen LogP contribution in [0.2, 0.25) is 10.0 Å². The van der Waals surface area contributed by atoms with Gasteiger partial charge in [0, 0.05) is 10.0 Å². The van der Waals surface area contributed by atoms with Crippen molar-refractivity contribution >= 4 is 23.2 Å². The number of nitrogens with one attached hydrogen (secondary N) is 1. The second-order valence-corrected chi connectivity index (χ2v) is 6.07. The molecule has 1 aromatic rings. The lowest BCUT2D eigenvalue weighted by molar-refractivity contribution is 0.386. The molecule has 0 radical (unpaired) electrons. The second-order valence-electron chi connectivity index (χ2n) is 5.23. The highest BCUT2D eigenvalue weighted by molar-refractivity contribution is 6.33. The van der Waals surface area contributed by atoms with E-state index in [1.54, 1.807) is 0 Å². The lowest BCUT2D eigenvalue weighted by Crippen LogP contribution is -2.24. The Balaban J connectivity index is 2.28. The third-order valence-electron chi connectivity index (χ3n) is 3.98. The summed E-state index contributed by atoms with van der Waals surface area (Å²) in [5, 5.41) is 4.98. The van der Waals surface area contributed by atoms with E-state index in [0.29, 0.717) is 11.8 Å². The lowest BCUT2D eigenvalue weighted by atomic mass is 9.82. The van der Waals surface area contributed by atoms with Crippen LogP contribution in [0.25, 0.3) is 0 Å². The van der Waals surface area contributed by atoms with Crippen molar-refractivity contribution in [2.24, 2.45) is 5.92 Å². The first-order valence-electron chi connectivity index (χ1n) is 6.82. The van der Waals surface area contributed by atoms with E-state index in [4.69, 9.17) is 23.2 Å². The molecule has 3 heteroatoms. The average molecular weight is 286 g/mol. The zero-order valence-corrected chi connectivity index (χ0v) is 12.4. The zero-order valence-electron chi connectivity index (χ0n) is 10.9. The van der Waals surface area contributed by atoms with Crippen LogP contribution in [0.5, 0.6) is 0 Å². The van der Waals surface area contributed by atoms with Crippen LogP contribution >= 0.6 is 23.2 Å². The molecule has 2 rings (SSSR count). The van der Waals surface area contributed by atoms with Gasteiger partial charge in [0.1, 0.15) is 0 Å². The molecule has 1 fully saturated rings. The number of hydrogen-bond acceptors (Lipinski definition) is 1. The average Bonchev–Trinajstić information content (AvgIpc) is 2.58. The van der Waals surface area contributed by atoms with E-state index in [-0.39, 0.29) is 0 Å². The molecule has 1 saturated carbocycles. The molecular formula is C15H21Cl2N. The molecular weight excluding hydrogens is 265 g/mol. The van der Waals surface area contributed by atoms with Gasteiger partial charge in [-0.2, -0.15) is 0 Å². The van der Waals surface area contributed by atoms with E-state index in [1.165, 1.54) is 37.7 Å². The van der Waals surface area contributed by atoms with Gasteiger partial charge in [-0.3, -0.25) is 0 Å². The fourth-order valence-corrected chi connectivity index (χ4v) is 3.54. The predicted molar refractivity (Wildman–Crippen MR) is 79.7 cm³/mol. The third-order valence-corrected chi connectivity index (χ3v) is 4.56. The summed E-state index contributed by atoms with van der Waals surface area (Å²) in [6, 6.07) is 5.86. The summed E-state index contributed by atoms with van der Waals surface area (Å²) in [5.74, 6) is 1.22. The van der Waals surface area contributed by atoms with Gasteiger partial charge in [-0.25, -0.2) is 0 Å².